The van der Waals surface area contributed by atoms with Crippen LogP contribution in [0.1, 0.15) is 62.5 Å². The maximum absolute atomic E-state index is 12.6. The predicted octanol–water partition coefficient (Wildman–Crippen LogP) is 2.75. The summed E-state index contributed by atoms with van der Waals surface area (Å²) in [4.78, 5) is 18.9. The van der Waals surface area contributed by atoms with Crippen LogP contribution in [0.5, 0.6) is 0 Å². The van der Waals surface area contributed by atoms with Crippen molar-refractivity contribution in [3.8, 4) is 0 Å². The number of carbonyl (C=O) groups excluding carboxylic acids is 1. The molecular formula is C15H26N4O. The van der Waals surface area contributed by atoms with Gasteiger partial charge in [-0.1, -0.05) is 27.7 Å². The number of hydrogen-bond acceptors (Lipinski definition) is 4. The van der Waals surface area contributed by atoms with Crippen LogP contribution < -0.4 is 11.3 Å². The summed E-state index contributed by atoms with van der Waals surface area (Å²) < 4.78 is 0. The van der Waals surface area contributed by atoms with Crippen molar-refractivity contribution in [1.29, 1.82) is 0 Å². The number of nitrogens with zero attached hydrogens (tertiary/aromatic N) is 2. The Morgan fingerprint density at radius 1 is 1.30 bits per heavy atom. The summed E-state index contributed by atoms with van der Waals surface area (Å²) in [5.41, 5.74) is 4.06. The minimum absolute atomic E-state index is 0.0505. The van der Waals surface area contributed by atoms with Crippen LogP contribution in [-0.4, -0.2) is 28.9 Å². The van der Waals surface area contributed by atoms with Crippen molar-refractivity contribution >= 4 is 11.7 Å². The number of nitrogens with two attached hydrogens (primary N) is 1. The van der Waals surface area contributed by atoms with Gasteiger partial charge in [0.05, 0.1) is 0 Å². The largest absolute Gasteiger partial charge is 0.339 e. The topological polar surface area (TPSA) is 71.2 Å². The van der Waals surface area contributed by atoms with E-state index in [2.05, 4.69) is 24.3 Å². The Morgan fingerprint density at radius 3 is 2.35 bits per heavy atom. The lowest BCUT2D eigenvalue weighted by Gasteiger charge is -2.22. The van der Waals surface area contributed by atoms with Crippen LogP contribution >= 0.6 is 0 Å². The maximum atomic E-state index is 12.6. The summed E-state index contributed by atoms with van der Waals surface area (Å²) in [6.07, 6.45) is 1.91. The van der Waals surface area contributed by atoms with E-state index in [1.165, 1.54) is 0 Å². The van der Waals surface area contributed by atoms with Gasteiger partial charge in [0.2, 0.25) is 0 Å². The van der Waals surface area contributed by atoms with Crippen molar-refractivity contribution in [3.63, 3.8) is 0 Å². The number of carbonyl (C=O) groups is 1. The average molecular weight is 278 g/mol. The first-order valence-corrected chi connectivity index (χ1v) is 7.31. The molecule has 1 aromatic rings. The van der Waals surface area contributed by atoms with Crippen molar-refractivity contribution in [2.24, 2.45) is 5.84 Å². The summed E-state index contributed by atoms with van der Waals surface area (Å²) in [7, 11) is 0. The number of rotatable bonds is 7. The van der Waals surface area contributed by atoms with E-state index in [4.69, 9.17) is 5.84 Å². The highest BCUT2D eigenvalue weighted by Crippen LogP contribution is 2.18. The SMILES string of the molecule is CCCN(CCC)C(=O)c1cc(NN)nc(C(C)C)c1. The van der Waals surface area contributed by atoms with Crippen molar-refractivity contribution in [3.05, 3.63) is 23.4 Å². The molecule has 5 heteroatoms. The first-order chi connectivity index (χ1) is 9.53. The van der Waals surface area contributed by atoms with Gasteiger partial charge in [0.25, 0.3) is 5.91 Å². The minimum Gasteiger partial charge on any atom is -0.339 e. The number of nitrogen functional groups attached to an aromatic ring is 1. The molecule has 3 N–H and O–H groups in total. The van der Waals surface area contributed by atoms with Crippen LogP contribution in [0.4, 0.5) is 5.82 Å². The highest BCUT2D eigenvalue weighted by atomic mass is 16.2. The second-order valence-corrected chi connectivity index (χ2v) is 5.26. The Bertz CT molecular complexity index is 439. The molecule has 0 aliphatic rings. The number of hydrazine groups is 1. The lowest BCUT2D eigenvalue weighted by Crippen LogP contribution is -2.32. The van der Waals surface area contributed by atoms with Crippen LogP contribution in [0, 0.1) is 0 Å². The molecule has 5 nitrogen and oxygen atoms in total. The van der Waals surface area contributed by atoms with Gasteiger partial charge in [-0.25, -0.2) is 10.8 Å². The van der Waals surface area contributed by atoms with Gasteiger partial charge in [-0.15, -0.1) is 0 Å². The molecule has 0 radical (unpaired) electrons. The lowest BCUT2D eigenvalue weighted by molar-refractivity contribution is 0.0755. The molecule has 0 saturated carbocycles. The fourth-order valence-corrected chi connectivity index (χ4v) is 2.08. The van der Waals surface area contributed by atoms with Crippen LogP contribution in [0.25, 0.3) is 0 Å². The molecule has 0 spiro atoms. The third-order valence-corrected chi connectivity index (χ3v) is 3.11. The quantitative estimate of drug-likeness (QED) is 0.594. The van der Waals surface area contributed by atoms with Crippen molar-refractivity contribution in [1.82, 2.24) is 9.88 Å². The van der Waals surface area contributed by atoms with Gasteiger partial charge < -0.3 is 10.3 Å². The molecular weight excluding hydrogens is 252 g/mol. The Kier molecular flexibility index (Phi) is 6.45. The standard InChI is InChI=1S/C15H26N4O/c1-5-7-19(8-6-2)15(20)12-9-13(11(3)4)17-14(10-12)18-16/h9-11H,5-8,16H2,1-4H3,(H,17,18). The van der Waals surface area contributed by atoms with Crippen LogP contribution in [-0.2, 0) is 0 Å². The summed E-state index contributed by atoms with van der Waals surface area (Å²) in [5, 5.41) is 0. The highest BCUT2D eigenvalue weighted by Gasteiger charge is 2.17. The van der Waals surface area contributed by atoms with E-state index in [9.17, 15) is 4.79 Å². The van der Waals surface area contributed by atoms with E-state index in [1.807, 2.05) is 24.8 Å². The number of amides is 1. The molecule has 1 rings (SSSR count). The zero-order chi connectivity index (χ0) is 15.1. The van der Waals surface area contributed by atoms with E-state index < -0.39 is 0 Å². The summed E-state index contributed by atoms with van der Waals surface area (Å²) in [6.45, 7) is 9.80. The number of pyridine rings is 1. The van der Waals surface area contributed by atoms with E-state index >= 15 is 0 Å². The molecule has 20 heavy (non-hydrogen) atoms. The minimum atomic E-state index is 0.0505. The zero-order valence-electron chi connectivity index (χ0n) is 12.9. The molecule has 112 valence electrons. The first-order valence-electron chi connectivity index (χ1n) is 7.31. The van der Waals surface area contributed by atoms with E-state index in [0.717, 1.165) is 31.6 Å². The summed E-state index contributed by atoms with van der Waals surface area (Å²) >= 11 is 0. The van der Waals surface area contributed by atoms with Crippen molar-refractivity contribution in [2.75, 3.05) is 18.5 Å². The molecule has 0 atom stereocenters. The molecule has 1 amide bonds. The number of nitrogens with one attached hydrogen (secondary N) is 1. The lowest BCUT2D eigenvalue weighted by atomic mass is 10.1. The Morgan fingerprint density at radius 2 is 1.90 bits per heavy atom. The molecule has 0 saturated heterocycles. The van der Waals surface area contributed by atoms with Gasteiger partial charge >= 0.3 is 0 Å². The second kappa shape index (κ2) is 7.85. The van der Waals surface area contributed by atoms with Crippen LogP contribution in [0.15, 0.2) is 12.1 Å². The highest BCUT2D eigenvalue weighted by molar-refractivity contribution is 5.95. The summed E-state index contributed by atoms with van der Waals surface area (Å²) in [6, 6.07) is 3.58. The molecule has 0 aliphatic heterocycles. The van der Waals surface area contributed by atoms with E-state index in [1.54, 1.807) is 6.07 Å². The maximum Gasteiger partial charge on any atom is 0.254 e. The Balaban J connectivity index is 3.09. The molecule has 1 heterocycles. The van der Waals surface area contributed by atoms with Gasteiger partial charge in [0, 0.05) is 24.3 Å². The Labute approximate surface area is 121 Å². The normalized spacial score (nSPS) is 10.7. The van der Waals surface area contributed by atoms with Crippen LogP contribution in [0.3, 0.4) is 0 Å². The molecule has 0 unspecified atom stereocenters. The zero-order valence-corrected chi connectivity index (χ0v) is 12.9. The van der Waals surface area contributed by atoms with Gasteiger partial charge in [-0.3, -0.25) is 4.79 Å². The summed E-state index contributed by atoms with van der Waals surface area (Å²) in [5.74, 6) is 6.28. The molecule has 0 aromatic carbocycles. The molecule has 0 fully saturated rings. The first kappa shape index (κ1) is 16.4. The molecule has 0 bridgehead atoms. The fraction of sp³-hybridized carbons (Fsp3) is 0.600. The number of aromatic nitrogens is 1. The number of anilines is 1. The van der Waals surface area contributed by atoms with Gasteiger partial charge in [0.1, 0.15) is 5.82 Å². The monoisotopic (exact) mass is 278 g/mol. The molecule has 1 aromatic heterocycles. The second-order valence-electron chi connectivity index (χ2n) is 5.26. The van der Waals surface area contributed by atoms with Gasteiger partial charge in [-0.05, 0) is 30.9 Å². The van der Waals surface area contributed by atoms with E-state index in [0.29, 0.717) is 11.4 Å². The smallest absolute Gasteiger partial charge is 0.254 e. The van der Waals surface area contributed by atoms with Crippen LogP contribution in [0.2, 0.25) is 0 Å². The molecule has 0 aliphatic carbocycles. The van der Waals surface area contributed by atoms with E-state index in [-0.39, 0.29) is 11.8 Å². The van der Waals surface area contributed by atoms with Gasteiger partial charge in [0.15, 0.2) is 0 Å². The van der Waals surface area contributed by atoms with Crippen molar-refractivity contribution in [2.45, 2.75) is 46.5 Å². The third-order valence-electron chi connectivity index (χ3n) is 3.11. The van der Waals surface area contributed by atoms with Gasteiger partial charge in [-0.2, -0.15) is 0 Å². The number of hydrogen-bond donors (Lipinski definition) is 2. The average Bonchev–Trinajstić information content (AvgIpc) is 2.45. The van der Waals surface area contributed by atoms with Crippen molar-refractivity contribution < 1.29 is 4.79 Å². The predicted molar refractivity (Wildman–Crippen MR) is 82.6 cm³/mol. The Hall–Kier alpha value is -1.62. The third kappa shape index (κ3) is 4.20. The fourth-order valence-electron chi connectivity index (χ4n) is 2.08.